The van der Waals surface area contributed by atoms with Crippen LogP contribution < -0.4 is 18.9 Å². The van der Waals surface area contributed by atoms with Crippen molar-refractivity contribution in [3.8, 4) is 11.5 Å². The van der Waals surface area contributed by atoms with Crippen molar-refractivity contribution in [1.29, 1.82) is 0 Å². The van der Waals surface area contributed by atoms with Crippen LogP contribution in [0.25, 0.3) is 21.8 Å². The largest absolute Gasteiger partial charge is 0.586 e. The first-order chi connectivity index (χ1) is 23.9. The van der Waals surface area contributed by atoms with Crippen molar-refractivity contribution >= 4 is 98.8 Å². The number of hydrogen-bond donors (Lipinski definition) is 4. The number of para-hydroxylation sites is 1. The van der Waals surface area contributed by atoms with Gasteiger partial charge in [0.25, 0.3) is 20.0 Å². The van der Waals surface area contributed by atoms with Gasteiger partial charge in [0.1, 0.15) is 21.4 Å². The number of alkyl halides is 2. The van der Waals surface area contributed by atoms with E-state index < -0.39 is 59.5 Å². The highest BCUT2D eigenvalue weighted by atomic mass is 35.5. The van der Waals surface area contributed by atoms with Gasteiger partial charge in [-0.2, -0.15) is 0 Å². The lowest BCUT2D eigenvalue weighted by Gasteiger charge is -2.10. The summed E-state index contributed by atoms with van der Waals surface area (Å²) in [5.41, 5.74) is 0.0613. The quantitative estimate of drug-likeness (QED) is 0.0932. The summed E-state index contributed by atoms with van der Waals surface area (Å²) in [7, 11) is -9.83. The highest BCUT2D eigenvalue weighted by Gasteiger charge is 2.45. The molecule has 0 bridgehead atoms. The Morgan fingerprint density at radius 2 is 1.41 bits per heavy atom. The zero-order chi connectivity index (χ0) is 37.0. The van der Waals surface area contributed by atoms with E-state index in [9.17, 15) is 38.6 Å². The van der Waals surface area contributed by atoms with E-state index in [1.807, 2.05) is 4.72 Å². The number of aromatic amines is 2. The maximum absolute atomic E-state index is 13.9. The van der Waals surface area contributed by atoms with E-state index in [4.69, 9.17) is 34.8 Å². The molecule has 268 valence electrons. The number of sulfonamides is 2. The Morgan fingerprint density at radius 1 is 0.765 bits per heavy atom. The molecule has 0 fully saturated rings. The first kappa shape index (κ1) is 36.6. The summed E-state index contributed by atoms with van der Waals surface area (Å²) in [5, 5.41) is 0.805. The summed E-state index contributed by atoms with van der Waals surface area (Å²) >= 11 is 17.4. The van der Waals surface area contributed by atoms with Crippen LogP contribution in [-0.2, 0) is 30.8 Å². The Kier molecular flexibility index (Phi) is 9.62. The Morgan fingerprint density at radius 3 is 2.12 bits per heavy atom. The van der Waals surface area contributed by atoms with Gasteiger partial charge >= 0.3 is 6.29 Å². The number of halogens is 7. The molecule has 0 amide bonds. The summed E-state index contributed by atoms with van der Waals surface area (Å²) < 4.78 is 129. The van der Waals surface area contributed by atoms with Gasteiger partial charge in [-0.05, 0) is 48.5 Å². The lowest BCUT2D eigenvalue weighted by atomic mass is 10.2. The van der Waals surface area contributed by atoms with Gasteiger partial charge in [-0.25, -0.2) is 25.6 Å². The van der Waals surface area contributed by atoms with Crippen molar-refractivity contribution in [1.82, 2.24) is 9.97 Å². The van der Waals surface area contributed by atoms with Crippen LogP contribution in [0.15, 0.2) is 87.7 Å². The molecule has 51 heavy (non-hydrogen) atoms. The highest BCUT2D eigenvalue weighted by molar-refractivity contribution is 7.93. The summed E-state index contributed by atoms with van der Waals surface area (Å²) in [6, 6.07) is 12.8. The van der Waals surface area contributed by atoms with E-state index in [0.29, 0.717) is 28.1 Å². The summed E-state index contributed by atoms with van der Waals surface area (Å²) in [6.07, 6.45) is 0.00349. The Hall–Kier alpha value is -4.20. The van der Waals surface area contributed by atoms with Crippen molar-refractivity contribution in [3.63, 3.8) is 0 Å². The molecule has 1 aliphatic rings. The zero-order valence-corrected chi connectivity index (χ0v) is 29.9. The van der Waals surface area contributed by atoms with E-state index in [0.717, 1.165) is 6.20 Å². The van der Waals surface area contributed by atoms with Gasteiger partial charge in [-0.3, -0.25) is 13.7 Å². The van der Waals surface area contributed by atoms with Crippen LogP contribution in [0.3, 0.4) is 0 Å². The minimum Gasteiger partial charge on any atom is -0.395 e. The van der Waals surface area contributed by atoms with E-state index in [1.165, 1.54) is 42.8 Å². The third-order valence-electron chi connectivity index (χ3n) is 7.12. The predicted molar refractivity (Wildman–Crippen MR) is 185 cm³/mol. The number of anilines is 2. The first-order valence-electron chi connectivity index (χ1n) is 13.9. The van der Waals surface area contributed by atoms with Crippen molar-refractivity contribution in [2.24, 2.45) is 0 Å². The molecule has 3 heterocycles. The second-order valence-corrected chi connectivity index (χ2v) is 16.4. The number of aromatic nitrogens is 2. The van der Waals surface area contributed by atoms with Crippen LogP contribution in [0, 0.1) is 11.6 Å². The van der Waals surface area contributed by atoms with Crippen LogP contribution in [0.5, 0.6) is 11.5 Å². The van der Waals surface area contributed by atoms with E-state index in [2.05, 4.69) is 24.2 Å². The monoisotopic (exact) mass is 824 g/mol. The van der Waals surface area contributed by atoms with Crippen molar-refractivity contribution in [3.05, 3.63) is 99.8 Å². The maximum atomic E-state index is 13.9. The van der Waals surface area contributed by atoms with Gasteiger partial charge in [0.15, 0.2) is 11.5 Å². The minimum atomic E-state index is -4.28. The standard InChI is InChI=1S/C15H10Cl2F2N2O3S2.C15H9ClF2N2O4S/c1-25(22)15-8(16)3-2-7-13(6-20-14(7)15)26(23,24)21-12-5-10(18)9(17)4-11(12)19;16-8-4-5-9-11(6-8)19-7-13(9)25(21,22)20-10-2-1-3-12-14(10)24-15(17,18)23-12/h2-6,20-21H,1H3;1-7,19-20H. The predicted octanol–water partition coefficient (Wildman–Crippen LogP) is 8.23. The van der Waals surface area contributed by atoms with Gasteiger partial charge in [0, 0.05) is 46.0 Å². The van der Waals surface area contributed by atoms with Gasteiger partial charge in [0.2, 0.25) is 0 Å². The number of benzene rings is 4. The first-order valence-corrected chi connectivity index (χ1v) is 19.5. The number of rotatable bonds is 7. The molecule has 4 aromatic carbocycles. The molecule has 11 nitrogen and oxygen atoms in total. The molecule has 0 aliphatic carbocycles. The molecule has 0 saturated carbocycles. The van der Waals surface area contributed by atoms with Crippen LogP contribution >= 0.6 is 34.8 Å². The SMILES string of the molecule is CS(=O)c1c(Cl)ccc2c(S(=O)(=O)Nc3cc(F)c(Cl)cc3F)c[nH]c12.O=S(=O)(Nc1cccc2c1OC(F)(F)O2)c1c[nH]c2cc(Cl)ccc12. The minimum absolute atomic E-state index is 0.0533. The summed E-state index contributed by atoms with van der Waals surface area (Å²) in [5.74, 6) is -2.63. The van der Waals surface area contributed by atoms with Crippen LogP contribution in [-0.4, -0.2) is 43.6 Å². The second kappa shape index (κ2) is 13.4. The Balaban J connectivity index is 0.000000176. The van der Waals surface area contributed by atoms with E-state index in [-0.39, 0.29) is 47.8 Å². The van der Waals surface area contributed by atoms with Gasteiger partial charge in [-0.1, -0.05) is 40.9 Å². The molecule has 0 saturated heterocycles. The summed E-state index contributed by atoms with van der Waals surface area (Å²) in [4.78, 5) is 5.49. The molecular formula is C30H19Cl3F4N4O7S3. The van der Waals surface area contributed by atoms with Crippen LogP contribution in [0.1, 0.15) is 0 Å². The molecule has 2 aromatic heterocycles. The fourth-order valence-electron chi connectivity index (χ4n) is 4.97. The number of nitrogens with one attached hydrogen (secondary N) is 4. The number of H-pyrrole nitrogens is 2. The Labute approximate surface area is 303 Å². The molecular weight excluding hydrogens is 807 g/mol. The van der Waals surface area contributed by atoms with Gasteiger partial charge in [-0.15, -0.1) is 8.78 Å². The summed E-state index contributed by atoms with van der Waals surface area (Å²) in [6.45, 7) is 0. The molecule has 21 heteroatoms. The molecule has 1 aliphatic heterocycles. The van der Waals surface area contributed by atoms with E-state index in [1.54, 1.807) is 18.2 Å². The van der Waals surface area contributed by atoms with Crippen molar-refractivity contribution in [2.75, 3.05) is 15.7 Å². The molecule has 6 aromatic rings. The zero-order valence-electron chi connectivity index (χ0n) is 25.2. The molecule has 0 radical (unpaired) electrons. The molecule has 1 unspecified atom stereocenters. The van der Waals surface area contributed by atoms with Gasteiger partial charge < -0.3 is 19.4 Å². The fourth-order valence-corrected chi connectivity index (χ4v) is 9.04. The molecule has 7 rings (SSSR count). The highest BCUT2D eigenvalue weighted by Crippen LogP contribution is 2.46. The lowest BCUT2D eigenvalue weighted by molar-refractivity contribution is -0.286. The normalized spacial score (nSPS) is 14.3. The van der Waals surface area contributed by atoms with Crippen molar-refractivity contribution in [2.45, 2.75) is 21.0 Å². The number of ether oxygens (including phenoxy) is 2. The van der Waals surface area contributed by atoms with Crippen molar-refractivity contribution < 1.29 is 48.1 Å². The van der Waals surface area contributed by atoms with Crippen LogP contribution in [0.4, 0.5) is 28.9 Å². The third-order valence-corrected chi connectivity index (χ3v) is 11.9. The number of hydrogen-bond acceptors (Lipinski definition) is 7. The maximum Gasteiger partial charge on any atom is 0.586 e. The average molecular weight is 826 g/mol. The average Bonchev–Trinajstić information content (AvgIpc) is 3.74. The number of fused-ring (bicyclic) bond motifs is 3. The molecule has 4 N–H and O–H groups in total. The topological polar surface area (TPSA) is 159 Å². The second-order valence-electron chi connectivity index (χ2n) is 10.5. The molecule has 1 atom stereocenters. The van der Waals surface area contributed by atoms with Gasteiger partial charge in [0.05, 0.1) is 42.6 Å². The fraction of sp³-hybridized carbons (Fsp3) is 0.0667. The lowest BCUT2D eigenvalue weighted by Crippen LogP contribution is -2.26. The third kappa shape index (κ3) is 7.29. The smallest absolute Gasteiger partial charge is 0.395 e. The van der Waals surface area contributed by atoms with Crippen LogP contribution in [0.2, 0.25) is 15.1 Å². The van der Waals surface area contributed by atoms with E-state index >= 15 is 0 Å². The Bertz CT molecular complexity index is 2620. The molecule has 0 spiro atoms.